The summed E-state index contributed by atoms with van der Waals surface area (Å²) in [5, 5.41) is 2.21. The van der Waals surface area contributed by atoms with Crippen LogP contribution in [0.25, 0.3) is 11.3 Å². The minimum atomic E-state index is 0.910. The van der Waals surface area contributed by atoms with Crippen molar-refractivity contribution in [1.82, 2.24) is 0 Å². The van der Waals surface area contributed by atoms with Crippen molar-refractivity contribution in [3.63, 3.8) is 0 Å². The van der Waals surface area contributed by atoms with Crippen molar-refractivity contribution in [2.75, 3.05) is 6.54 Å². The SMILES string of the molecule is CC[NH2+]Cc1ccc(-c2ccc(Br)cc2)o1. The summed E-state index contributed by atoms with van der Waals surface area (Å²) in [5.41, 5.74) is 1.12. The topological polar surface area (TPSA) is 29.8 Å². The van der Waals surface area contributed by atoms with Crippen LogP contribution < -0.4 is 5.32 Å². The maximum Gasteiger partial charge on any atom is 0.158 e. The molecule has 1 aromatic heterocycles. The van der Waals surface area contributed by atoms with E-state index in [-0.39, 0.29) is 0 Å². The number of furan rings is 1. The molecule has 0 aliphatic heterocycles. The summed E-state index contributed by atoms with van der Waals surface area (Å²) in [4.78, 5) is 0. The first-order valence-corrected chi connectivity index (χ1v) is 6.25. The van der Waals surface area contributed by atoms with Gasteiger partial charge >= 0.3 is 0 Å². The van der Waals surface area contributed by atoms with Gasteiger partial charge < -0.3 is 9.73 Å². The van der Waals surface area contributed by atoms with E-state index in [9.17, 15) is 0 Å². The summed E-state index contributed by atoms with van der Waals surface area (Å²) in [6.07, 6.45) is 0. The Hall–Kier alpha value is -1.06. The van der Waals surface area contributed by atoms with Crippen molar-refractivity contribution in [3.8, 4) is 11.3 Å². The fourth-order valence-corrected chi connectivity index (χ4v) is 1.81. The number of nitrogens with two attached hydrogens (primary N) is 1. The molecule has 16 heavy (non-hydrogen) atoms. The van der Waals surface area contributed by atoms with Crippen molar-refractivity contribution in [2.24, 2.45) is 0 Å². The molecule has 0 bridgehead atoms. The molecule has 0 unspecified atom stereocenters. The summed E-state index contributed by atoms with van der Waals surface area (Å²) in [6, 6.07) is 12.2. The van der Waals surface area contributed by atoms with Crippen LogP contribution >= 0.6 is 15.9 Å². The first-order chi connectivity index (χ1) is 7.79. The van der Waals surface area contributed by atoms with E-state index < -0.39 is 0 Å². The van der Waals surface area contributed by atoms with Crippen LogP contribution in [0.3, 0.4) is 0 Å². The molecule has 0 saturated heterocycles. The van der Waals surface area contributed by atoms with Gasteiger partial charge in [0.2, 0.25) is 0 Å². The lowest BCUT2D eigenvalue weighted by Gasteiger charge is -1.97. The molecule has 1 aromatic carbocycles. The maximum atomic E-state index is 5.77. The fourth-order valence-electron chi connectivity index (χ4n) is 1.54. The van der Waals surface area contributed by atoms with Gasteiger partial charge in [0.05, 0.1) is 6.54 Å². The van der Waals surface area contributed by atoms with E-state index >= 15 is 0 Å². The Labute approximate surface area is 104 Å². The molecule has 0 spiro atoms. The van der Waals surface area contributed by atoms with E-state index in [1.54, 1.807) is 0 Å². The molecule has 0 atom stereocenters. The van der Waals surface area contributed by atoms with Gasteiger partial charge in [0.15, 0.2) is 5.76 Å². The molecule has 2 aromatic rings. The molecule has 0 aliphatic carbocycles. The van der Waals surface area contributed by atoms with Gasteiger partial charge in [-0.2, -0.15) is 0 Å². The number of benzene rings is 1. The Balaban J connectivity index is 2.15. The highest BCUT2D eigenvalue weighted by atomic mass is 79.9. The van der Waals surface area contributed by atoms with Crippen molar-refractivity contribution >= 4 is 15.9 Å². The van der Waals surface area contributed by atoms with Gasteiger partial charge in [0.1, 0.15) is 12.3 Å². The average molecular weight is 281 g/mol. The summed E-state index contributed by atoms with van der Waals surface area (Å²) in [7, 11) is 0. The normalized spacial score (nSPS) is 10.6. The number of rotatable bonds is 4. The van der Waals surface area contributed by atoms with Crippen LogP contribution in [0.5, 0.6) is 0 Å². The molecule has 84 valence electrons. The van der Waals surface area contributed by atoms with Crippen LogP contribution in [0.15, 0.2) is 45.3 Å². The standard InChI is InChI=1S/C13H14BrNO/c1-2-15-9-12-7-8-13(16-12)10-3-5-11(14)6-4-10/h3-8,15H,2,9H2,1H3/p+1. The van der Waals surface area contributed by atoms with E-state index in [1.165, 1.54) is 0 Å². The van der Waals surface area contributed by atoms with Gasteiger partial charge in [-0.15, -0.1) is 0 Å². The van der Waals surface area contributed by atoms with Crippen LogP contribution in [0.1, 0.15) is 12.7 Å². The van der Waals surface area contributed by atoms with Gasteiger partial charge in [-0.3, -0.25) is 0 Å². The van der Waals surface area contributed by atoms with Gasteiger partial charge in [-0.05, 0) is 31.2 Å². The molecular formula is C13H15BrNO+. The van der Waals surface area contributed by atoms with Gasteiger partial charge in [-0.1, -0.05) is 28.1 Å². The number of hydrogen-bond donors (Lipinski definition) is 1. The third-order valence-corrected chi connectivity index (χ3v) is 2.95. The van der Waals surface area contributed by atoms with E-state index in [1.807, 2.05) is 24.3 Å². The van der Waals surface area contributed by atoms with Gasteiger partial charge in [0.25, 0.3) is 0 Å². The lowest BCUT2D eigenvalue weighted by atomic mass is 10.2. The summed E-state index contributed by atoms with van der Waals surface area (Å²) >= 11 is 3.42. The highest BCUT2D eigenvalue weighted by Gasteiger charge is 2.05. The van der Waals surface area contributed by atoms with E-state index in [0.717, 1.165) is 34.6 Å². The fraction of sp³-hybridized carbons (Fsp3) is 0.231. The first-order valence-electron chi connectivity index (χ1n) is 5.46. The van der Waals surface area contributed by atoms with Crippen molar-refractivity contribution in [2.45, 2.75) is 13.5 Å². The Kier molecular flexibility index (Phi) is 3.80. The second-order valence-corrected chi connectivity index (χ2v) is 4.59. The summed E-state index contributed by atoms with van der Waals surface area (Å²) in [5.74, 6) is 1.96. The molecule has 3 heteroatoms. The Bertz CT molecular complexity index is 447. The van der Waals surface area contributed by atoms with Crippen LogP contribution in [0.2, 0.25) is 0 Å². The molecule has 2 nitrogen and oxygen atoms in total. The van der Waals surface area contributed by atoms with Crippen molar-refractivity contribution < 1.29 is 9.73 Å². The smallest absolute Gasteiger partial charge is 0.158 e. The molecule has 2 N–H and O–H groups in total. The number of hydrogen-bond acceptors (Lipinski definition) is 1. The maximum absolute atomic E-state index is 5.77. The Morgan fingerprint density at radius 1 is 1.12 bits per heavy atom. The van der Waals surface area contributed by atoms with Crippen LogP contribution in [0, 0.1) is 0 Å². The highest BCUT2D eigenvalue weighted by molar-refractivity contribution is 9.10. The number of halogens is 1. The predicted molar refractivity (Wildman–Crippen MR) is 68.0 cm³/mol. The summed E-state index contributed by atoms with van der Waals surface area (Å²) < 4.78 is 6.85. The molecule has 1 heterocycles. The molecule has 2 rings (SSSR count). The van der Waals surface area contributed by atoms with E-state index in [0.29, 0.717) is 0 Å². The number of quaternary nitrogens is 1. The predicted octanol–water partition coefficient (Wildman–Crippen LogP) is 2.79. The lowest BCUT2D eigenvalue weighted by Crippen LogP contribution is -2.81. The van der Waals surface area contributed by atoms with Crippen molar-refractivity contribution in [3.05, 3.63) is 46.6 Å². The summed E-state index contributed by atoms with van der Waals surface area (Å²) in [6.45, 7) is 4.12. The van der Waals surface area contributed by atoms with E-state index in [4.69, 9.17) is 4.42 Å². The van der Waals surface area contributed by atoms with Crippen LogP contribution in [-0.2, 0) is 6.54 Å². The van der Waals surface area contributed by atoms with E-state index in [2.05, 4.69) is 40.3 Å². The largest absolute Gasteiger partial charge is 0.455 e. The monoisotopic (exact) mass is 280 g/mol. The third-order valence-electron chi connectivity index (χ3n) is 2.42. The second kappa shape index (κ2) is 5.32. The Morgan fingerprint density at radius 3 is 2.56 bits per heavy atom. The van der Waals surface area contributed by atoms with Gasteiger partial charge in [-0.25, -0.2) is 0 Å². The zero-order valence-electron chi connectivity index (χ0n) is 9.24. The first kappa shape index (κ1) is 11.4. The highest BCUT2D eigenvalue weighted by Crippen LogP contribution is 2.23. The zero-order chi connectivity index (χ0) is 11.4. The third kappa shape index (κ3) is 2.74. The van der Waals surface area contributed by atoms with Crippen LogP contribution in [-0.4, -0.2) is 6.54 Å². The Morgan fingerprint density at radius 2 is 1.88 bits per heavy atom. The molecular weight excluding hydrogens is 266 g/mol. The molecule has 0 aliphatic rings. The van der Waals surface area contributed by atoms with Crippen molar-refractivity contribution in [1.29, 1.82) is 0 Å². The molecule has 0 amide bonds. The van der Waals surface area contributed by atoms with Gasteiger partial charge in [0, 0.05) is 10.0 Å². The molecule has 0 radical (unpaired) electrons. The molecule has 0 saturated carbocycles. The van der Waals surface area contributed by atoms with Crippen LogP contribution in [0.4, 0.5) is 0 Å². The lowest BCUT2D eigenvalue weighted by molar-refractivity contribution is -0.669. The quantitative estimate of drug-likeness (QED) is 0.917. The minimum absolute atomic E-state index is 0.910. The zero-order valence-corrected chi connectivity index (χ0v) is 10.8. The second-order valence-electron chi connectivity index (χ2n) is 3.67. The minimum Gasteiger partial charge on any atom is -0.455 e. The molecule has 0 fully saturated rings. The average Bonchev–Trinajstić information content (AvgIpc) is 2.76.